The number of hydrogen-bond donors (Lipinski definition) is 1. The van der Waals surface area contributed by atoms with E-state index in [0.717, 1.165) is 10.1 Å². The molecule has 1 N–H and O–H groups in total. The zero-order valence-corrected chi connectivity index (χ0v) is 24.8. The number of fused-ring (bicyclic) bond motifs is 3. The summed E-state index contributed by atoms with van der Waals surface area (Å²) in [5.41, 5.74) is 2.02. The van der Waals surface area contributed by atoms with Crippen LogP contribution in [-0.2, 0) is 22.7 Å². The van der Waals surface area contributed by atoms with Crippen LogP contribution in [0.2, 0.25) is 0 Å². The Kier molecular flexibility index (Phi) is 6.65. The second-order valence-corrected chi connectivity index (χ2v) is 11.8. The van der Waals surface area contributed by atoms with Gasteiger partial charge in [0, 0.05) is 41.2 Å². The van der Waals surface area contributed by atoms with Crippen molar-refractivity contribution in [2.24, 2.45) is 0 Å². The first-order valence-electron chi connectivity index (χ1n) is 13.7. The Labute approximate surface area is 258 Å². The summed E-state index contributed by atoms with van der Waals surface area (Å²) in [6, 6.07) is 22.5. The van der Waals surface area contributed by atoms with Crippen LogP contribution in [0.15, 0.2) is 121 Å². The topological polar surface area (TPSA) is 113 Å². The van der Waals surface area contributed by atoms with E-state index in [1.807, 2.05) is 59.0 Å². The summed E-state index contributed by atoms with van der Waals surface area (Å²) in [5, 5.41) is 11.3. The molecule has 10 heteroatoms. The van der Waals surface area contributed by atoms with E-state index in [-0.39, 0.29) is 39.4 Å². The number of carbonyl (C=O) groups excluding carboxylic acids is 2. The molecule has 2 unspecified atom stereocenters. The maximum Gasteiger partial charge on any atom is 0.352 e. The fourth-order valence-corrected chi connectivity index (χ4v) is 6.79. The van der Waals surface area contributed by atoms with Crippen LogP contribution in [0.1, 0.15) is 29.5 Å². The monoisotopic (exact) mass is 685 g/mol. The average Bonchev–Trinajstić information content (AvgIpc) is 3.28. The molecule has 43 heavy (non-hydrogen) atoms. The zero-order chi connectivity index (χ0) is 29.8. The number of nitrogens with zero attached hydrogens (tertiary/aromatic N) is 3. The molecule has 214 valence electrons. The van der Waals surface area contributed by atoms with Gasteiger partial charge in [0.25, 0.3) is 0 Å². The van der Waals surface area contributed by atoms with Gasteiger partial charge in [0.2, 0.25) is 0 Å². The van der Waals surface area contributed by atoms with Crippen LogP contribution in [0.4, 0.5) is 0 Å². The smallest absolute Gasteiger partial charge is 0.352 e. The standard InChI is InChI=1S/C33H24IN3O6/c34-25-17-28(39)24-16-26-22(13-14-35-32(41)36(33(42)37(26)35)20-9-5-2-6-10-20)29(30(24)31(25)40)23-12-11-21(15-27(23)38)43-18-19-7-3-1-4-8-19/h1-13,15,17,26,29,38H,14,16,18H2. The molecule has 0 saturated heterocycles. The van der Waals surface area contributed by atoms with Gasteiger partial charge < -0.3 is 9.84 Å². The Hall–Kier alpha value is -4.71. The Morgan fingerprint density at radius 3 is 2.35 bits per heavy atom. The minimum Gasteiger partial charge on any atom is -0.507 e. The molecule has 0 saturated carbocycles. The van der Waals surface area contributed by atoms with Crippen molar-refractivity contribution in [2.75, 3.05) is 0 Å². The van der Waals surface area contributed by atoms with Gasteiger partial charge in [0.1, 0.15) is 18.1 Å². The number of phenolic OH excluding ortho intramolecular Hbond substituents is 1. The molecule has 0 amide bonds. The van der Waals surface area contributed by atoms with Crippen molar-refractivity contribution < 1.29 is 19.4 Å². The molecule has 3 aromatic carbocycles. The summed E-state index contributed by atoms with van der Waals surface area (Å²) in [7, 11) is 0. The highest BCUT2D eigenvalue weighted by molar-refractivity contribution is 14.1. The molecular weight excluding hydrogens is 661 g/mol. The molecule has 1 aromatic heterocycles. The number of phenols is 1. The first-order valence-corrected chi connectivity index (χ1v) is 14.8. The molecule has 3 aliphatic rings. The SMILES string of the molecule is O=C1C=C(I)C(=O)C2=C1CC1C(=CCn3c(=O)n(-c4ccccc4)c(=O)n31)C2c1ccc(OCc2ccccc2)cc1O. The lowest BCUT2D eigenvalue weighted by atomic mass is 9.68. The lowest BCUT2D eigenvalue weighted by Gasteiger charge is -2.39. The number of halogens is 1. The number of ether oxygens (including phenoxy) is 1. The van der Waals surface area contributed by atoms with Gasteiger partial charge in [-0.1, -0.05) is 60.7 Å². The number of allylic oxidation sites excluding steroid dienone is 6. The van der Waals surface area contributed by atoms with Gasteiger partial charge in [-0.25, -0.2) is 23.5 Å². The highest BCUT2D eigenvalue weighted by Gasteiger charge is 2.45. The molecule has 9 nitrogen and oxygen atoms in total. The summed E-state index contributed by atoms with van der Waals surface area (Å²) in [6.45, 7) is 0.396. The molecule has 1 aliphatic heterocycles. The van der Waals surface area contributed by atoms with Crippen molar-refractivity contribution in [2.45, 2.75) is 31.5 Å². The van der Waals surface area contributed by atoms with Crippen LogP contribution in [-0.4, -0.2) is 30.6 Å². The first-order chi connectivity index (χ1) is 20.8. The molecule has 0 bridgehead atoms. The van der Waals surface area contributed by atoms with Gasteiger partial charge in [-0.15, -0.1) is 0 Å². The van der Waals surface area contributed by atoms with Crippen molar-refractivity contribution in [1.82, 2.24) is 13.9 Å². The van der Waals surface area contributed by atoms with Gasteiger partial charge in [-0.2, -0.15) is 0 Å². The number of aromatic hydroxyl groups is 1. The van der Waals surface area contributed by atoms with E-state index in [9.17, 15) is 24.3 Å². The predicted octanol–water partition coefficient (Wildman–Crippen LogP) is 4.52. The van der Waals surface area contributed by atoms with Crippen molar-refractivity contribution in [1.29, 1.82) is 0 Å². The van der Waals surface area contributed by atoms with Crippen LogP contribution in [0.25, 0.3) is 5.69 Å². The van der Waals surface area contributed by atoms with Crippen LogP contribution in [0, 0.1) is 0 Å². The Balaban J connectivity index is 1.34. The molecule has 2 atom stereocenters. The van der Waals surface area contributed by atoms with Crippen molar-refractivity contribution in [3.8, 4) is 17.2 Å². The van der Waals surface area contributed by atoms with Gasteiger partial charge in [0.15, 0.2) is 11.6 Å². The van der Waals surface area contributed by atoms with Gasteiger partial charge in [0.05, 0.1) is 21.9 Å². The van der Waals surface area contributed by atoms with E-state index in [0.29, 0.717) is 34.8 Å². The lowest BCUT2D eigenvalue weighted by Crippen LogP contribution is -2.40. The van der Waals surface area contributed by atoms with Crippen LogP contribution in [0.5, 0.6) is 11.5 Å². The minimum atomic E-state index is -0.803. The number of hydrogen-bond acceptors (Lipinski definition) is 6. The highest BCUT2D eigenvalue weighted by Crippen LogP contribution is 2.52. The molecule has 7 rings (SSSR count). The predicted molar refractivity (Wildman–Crippen MR) is 167 cm³/mol. The van der Waals surface area contributed by atoms with Crippen LogP contribution in [0.3, 0.4) is 0 Å². The van der Waals surface area contributed by atoms with E-state index >= 15 is 0 Å². The summed E-state index contributed by atoms with van der Waals surface area (Å²) in [4.78, 5) is 54.2. The molecule has 0 fully saturated rings. The van der Waals surface area contributed by atoms with Crippen molar-refractivity contribution >= 4 is 34.2 Å². The minimum absolute atomic E-state index is 0.0693. The third kappa shape index (κ3) is 4.44. The number of rotatable bonds is 5. The van der Waals surface area contributed by atoms with Gasteiger partial charge in [-0.05, 0) is 51.9 Å². The molecule has 0 radical (unpaired) electrons. The third-order valence-corrected chi connectivity index (χ3v) is 8.98. The molecule has 2 aliphatic carbocycles. The number of benzene rings is 3. The quantitative estimate of drug-likeness (QED) is 0.188. The summed E-state index contributed by atoms with van der Waals surface area (Å²) in [5.74, 6) is -1.08. The lowest BCUT2D eigenvalue weighted by molar-refractivity contribution is -0.115. The summed E-state index contributed by atoms with van der Waals surface area (Å²) < 4.78 is 10.0. The maximum atomic E-state index is 13.8. The Morgan fingerprint density at radius 2 is 1.63 bits per heavy atom. The number of aromatic nitrogens is 3. The molecular formula is C33H24IN3O6. The van der Waals surface area contributed by atoms with Crippen LogP contribution < -0.4 is 16.1 Å². The zero-order valence-electron chi connectivity index (χ0n) is 22.6. The van der Waals surface area contributed by atoms with E-state index in [1.54, 1.807) is 42.5 Å². The van der Waals surface area contributed by atoms with Crippen LogP contribution >= 0.6 is 22.6 Å². The number of Topliss-reactive ketones (excluding diaryl/α,β-unsaturated/α-hetero) is 1. The normalized spacial score (nSPS) is 19.3. The maximum absolute atomic E-state index is 13.8. The second-order valence-electron chi connectivity index (χ2n) is 10.6. The van der Waals surface area contributed by atoms with E-state index in [1.165, 1.54) is 21.5 Å². The average molecular weight is 685 g/mol. The summed E-state index contributed by atoms with van der Waals surface area (Å²) >= 11 is 1.86. The number of para-hydroxylation sites is 1. The molecule has 0 spiro atoms. The van der Waals surface area contributed by atoms with E-state index < -0.39 is 23.3 Å². The highest BCUT2D eigenvalue weighted by atomic mass is 127. The largest absolute Gasteiger partial charge is 0.507 e. The fraction of sp³-hybridized carbons (Fsp3) is 0.152. The van der Waals surface area contributed by atoms with Gasteiger partial charge in [-0.3, -0.25) is 9.59 Å². The third-order valence-electron chi connectivity index (χ3n) is 8.18. The fourth-order valence-electron chi connectivity index (χ4n) is 6.22. The number of ketones is 2. The Bertz CT molecular complexity index is 2030. The van der Waals surface area contributed by atoms with Gasteiger partial charge >= 0.3 is 11.4 Å². The van der Waals surface area contributed by atoms with E-state index in [4.69, 9.17) is 4.74 Å². The number of carbonyl (C=O) groups is 2. The first kappa shape index (κ1) is 27.1. The Morgan fingerprint density at radius 1 is 0.907 bits per heavy atom. The van der Waals surface area contributed by atoms with Crippen molar-refractivity contribution in [3.05, 3.63) is 143 Å². The molecule has 2 heterocycles. The second kappa shape index (κ2) is 10.5. The van der Waals surface area contributed by atoms with E-state index in [2.05, 4.69) is 0 Å². The van der Waals surface area contributed by atoms with Crippen molar-refractivity contribution in [3.63, 3.8) is 0 Å². The molecule has 4 aromatic rings. The summed E-state index contributed by atoms with van der Waals surface area (Å²) in [6.07, 6.45) is 3.21.